The van der Waals surface area contributed by atoms with Gasteiger partial charge in [-0.1, -0.05) is 43.3 Å². The predicted molar refractivity (Wildman–Crippen MR) is 131 cm³/mol. The Balaban J connectivity index is 1.88. The molecule has 0 saturated heterocycles. The van der Waals surface area contributed by atoms with Crippen molar-refractivity contribution in [2.24, 2.45) is 7.05 Å². The number of aryl methyl sites for hydroxylation is 1. The van der Waals surface area contributed by atoms with Crippen LogP contribution in [0.15, 0.2) is 66.7 Å². The summed E-state index contributed by atoms with van der Waals surface area (Å²) in [6, 6.07) is 22.1. The van der Waals surface area contributed by atoms with Gasteiger partial charge in [-0.15, -0.1) is 0 Å². The summed E-state index contributed by atoms with van der Waals surface area (Å²) in [5.41, 5.74) is 6.04. The van der Waals surface area contributed by atoms with E-state index in [1.807, 2.05) is 41.3 Å². The minimum absolute atomic E-state index is 0.0916. The zero-order valence-corrected chi connectivity index (χ0v) is 19.5. The van der Waals surface area contributed by atoms with Gasteiger partial charge in [0.2, 0.25) is 0 Å². The van der Waals surface area contributed by atoms with Gasteiger partial charge in [0.05, 0.1) is 26.0 Å². The Morgan fingerprint density at radius 1 is 0.909 bits per heavy atom. The first-order valence-electron chi connectivity index (χ1n) is 11.3. The van der Waals surface area contributed by atoms with Crippen LogP contribution in [-0.4, -0.2) is 36.1 Å². The molecule has 0 radical (unpaired) electrons. The summed E-state index contributed by atoms with van der Waals surface area (Å²) in [6.45, 7) is 2.80. The maximum atomic E-state index is 13.5. The van der Waals surface area contributed by atoms with Gasteiger partial charge in [0.1, 0.15) is 11.5 Å². The number of ether oxygens (including phenoxy) is 2. The molecule has 168 valence electrons. The average Bonchev–Trinajstić information content (AvgIpc) is 3.30. The van der Waals surface area contributed by atoms with E-state index in [4.69, 9.17) is 9.47 Å². The molecule has 2 heterocycles. The molecule has 5 rings (SSSR count). The number of rotatable bonds is 6. The summed E-state index contributed by atoms with van der Waals surface area (Å²) in [6.07, 6.45) is 0.888. The first-order valence-corrected chi connectivity index (χ1v) is 11.3. The normalized spacial score (nSPS) is 15.2. The summed E-state index contributed by atoms with van der Waals surface area (Å²) in [4.78, 5) is 15.5. The largest absolute Gasteiger partial charge is 0.497 e. The maximum Gasteiger partial charge on any atom is 0.255 e. The Morgan fingerprint density at radius 3 is 2.42 bits per heavy atom. The van der Waals surface area contributed by atoms with Crippen LogP contribution >= 0.6 is 0 Å². The molecule has 5 heteroatoms. The highest BCUT2D eigenvalue weighted by Crippen LogP contribution is 2.48. The molecule has 0 fully saturated rings. The number of carbonyl (C=O) groups is 1. The van der Waals surface area contributed by atoms with E-state index >= 15 is 0 Å². The molecule has 0 N–H and O–H groups in total. The number of hydrogen-bond donors (Lipinski definition) is 0. The molecule has 0 unspecified atom stereocenters. The predicted octanol–water partition coefficient (Wildman–Crippen LogP) is 5.82. The van der Waals surface area contributed by atoms with Crippen LogP contribution in [0.25, 0.3) is 22.2 Å². The number of nitrogens with zero attached hydrogens (tertiary/aromatic N) is 2. The lowest BCUT2D eigenvalue weighted by Gasteiger charge is -2.27. The van der Waals surface area contributed by atoms with Gasteiger partial charge in [-0.05, 0) is 42.3 Å². The van der Waals surface area contributed by atoms with Gasteiger partial charge in [-0.2, -0.15) is 0 Å². The third kappa shape index (κ3) is 3.18. The van der Waals surface area contributed by atoms with Crippen molar-refractivity contribution in [3.8, 4) is 22.8 Å². The van der Waals surface area contributed by atoms with Crippen molar-refractivity contribution in [3.05, 3.63) is 83.4 Å². The van der Waals surface area contributed by atoms with Crippen molar-refractivity contribution in [2.75, 3.05) is 20.8 Å². The van der Waals surface area contributed by atoms with Gasteiger partial charge < -0.3 is 18.9 Å². The second kappa shape index (κ2) is 8.32. The molecule has 5 nitrogen and oxygen atoms in total. The van der Waals surface area contributed by atoms with Crippen LogP contribution in [0.5, 0.6) is 11.5 Å². The highest BCUT2D eigenvalue weighted by molar-refractivity contribution is 6.02. The zero-order chi connectivity index (χ0) is 23.1. The number of aromatic nitrogens is 1. The van der Waals surface area contributed by atoms with E-state index in [9.17, 15) is 4.79 Å². The fraction of sp³-hybridized carbons (Fsp3) is 0.250. The fourth-order valence-corrected chi connectivity index (χ4v) is 5.18. The molecule has 1 amide bonds. The number of hydrogen-bond acceptors (Lipinski definition) is 3. The van der Waals surface area contributed by atoms with E-state index in [1.165, 1.54) is 0 Å². The van der Waals surface area contributed by atoms with Crippen molar-refractivity contribution in [1.29, 1.82) is 0 Å². The molecule has 0 aliphatic carbocycles. The number of benzene rings is 3. The van der Waals surface area contributed by atoms with E-state index < -0.39 is 0 Å². The second-order valence-electron chi connectivity index (χ2n) is 8.39. The SMILES string of the molecule is CCCN1C(=O)c2ccccc2[C@@H]1c1c(-c2cc(OC)ccc2OC)n(C)c2ccccc12. The van der Waals surface area contributed by atoms with Crippen LogP contribution in [0.4, 0.5) is 0 Å². The van der Waals surface area contributed by atoms with Gasteiger partial charge in [-0.3, -0.25) is 4.79 Å². The van der Waals surface area contributed by atoms with Crippen molar-refractivity contribution < 1.29 is 14.3 Å². The summed E-state index contributed by atoms with van der Waals surface area (Å²) >= 11 is 0. The molecule has 1 atom stereocenters. The van der Waals surface area contributed by atoms with E-state index in [2.05, 4.69) is 48.9 Å². The third-order valence-corrected chi connectivity index (χ3v) is 6.60. The topological polar surface area (TPSA) is 43.7 Å². The number of fused-ring (bicyclic) bond motifs is 2. The molecular formula is C28H28N2O3. The Hall–Kier alpha value is -3.73. The first-order chi connectivity index (χ1) is 16.1. The van der Waals surface area contributed by atoms with Crippen LogP contribution in [0, 0.1) is 0 Å². The molecule has 1 aromatic heterocycles. The summed E-state index contributed by atoms with van der Waals surface area (Å²) in [5, 5.41) is 1.13. The number of amides is 1. The van der Waals surface area contributed by atoms with Gasteiger partial charge >= 0.3 is 0 Å². The van der Waals surface area contributed by atoms with E-state index in [0.29, 0.717) is 6.54 Å². The van der Waals surface area contributed by atoms with E-state index in [-0.39, 0.29) is 11.9 Å². The third-order valence-electron chi connectivity index (χ3n) is 6.60. The fourth-order valence-electron chi connectivity index (χ4n) is 5.18. The Bertz CT molecular complexity index is 1350. The highest BCUT2D eigenvalue weighted by Gasteiger charge is 2.40. The van der Waals surface area contributed by atoms with Gasteiger partial charge in [-0.25, -0.2) is 0 Å². The van der Waals surface area contributed by atoms with Crippen LogP contribution in [0.2, 0.25) is 0 Å². The maximum absolute atomic E-state index is 13.5. The van der Waals surface area contributed by atoms with E-state index in [1.54, 1.807) is 14.2 Å². The summed E-state index contributed by atoms with van der Waals surface area (Å²) in [7, 11) is 5.43. The molecule has 0 saturated carbocycles. The van der Waals surface area contributed by atoms with Crippen molar-refractivity contribution in [3.63, 3.8) is 0 Å². The van der Waals surface area contributed by atoms with Crippen molar-refractivity contribution in [2.45, 2.75) is 19.4 Å². The standard InChI is InChI=1S/C28H28N2O3/c1-5-16-30-27(19-10-6-7-11-20(19)28(30)31)25-21-12-8-9-13-23(21)29(2)26(25)22-17-18(32-3)14-15-24(22)33-4/h6-15,17,27H,5,16H2,1-4H3/t27-/m1/s1. The molecule has 33 heavy (non-hydrogen) atoms. The van der Waals surface area contributed by atoms with E-state index in [0.717, 1.165) is 56.8 Å². The van der Waals surface area contributed by atoms with Gasteiger partial charge in [0, 0.05) is 41.2 Å². The lowest BCUT2D eigenvalue weighted by molar-refractivity contribution is 0.0751. The second-order valence-corrected chi connectivity index (χ2v) is 8.39. The summed E-state index contributed by atoms with van der Waals surface area (Å²) < 4.78 is 13.5. The van der Waals surface area contributed by atoms with Gasteiger partial charge in [0.25, 0.3) is 5.91 Å². The summed E-state index contributed by atoms with van der Waals surface area (Å²) in [5.74, 6) is 1.62. The van der Waals surface area contributed by atoms with Crippen molar-refractivity contribution >= 4 is 16.8 Å². The quantitative estimate of drug-likeness (QED) is 0.380. The molecule has 0 spiro atoms. The Labute approximate surface area is 194 Å². The Kier molecular flexibility index (Phi) is 5.33. The molecule has 1 aliphatic rings. The number of para-hydroxylation sites is 1. The van der Waals surface area contributed by atoms with Crippen LogP contribution in [-0.2, 0) is 7.05 Å². The molecule has 1 aliphatic heterocycles. The minimum Gasteiger partial charge on any atom is -0.497 e. The highest BCUT2D eigenvalue weighted by atomic mass is 16.5. The van der Waals surface area contributed by atoms with Crippen LogP contribution < -0.4 is 9.47 Å². The van der Waals surface area contributed by atoms with Crippen molar-refractivity contribution in [1.82, 2.24) is 9.47 Å². The van der Waals surface area contributed by atoms with Crippen LogP contribution in [0.1, 0.15) is 40.9 Å². The molecule has 4 aromatic rings. The van der Waals surface area contributed by atoms with Gasteiger partial charge in [0.15, 0.2) is 0 Å². The molecule has 0 bridgehead atoms. The number of methoxy groups -OCH3 is 2. The lowest BCUT2D eigenvalue weighted by atomic mass is 9.92. The number of carbonyl (C=O) groups excluding carboxylic acids is 1. The first kappa shape index (κ1) is 21.1. The molecular weight excluding hydrogens is 412 g/mol. The lowest BCUT2D eigenvalue weighted by Crippen LogP contribution is -2.29. The zero-order valence-electron chi connectivity index (χ0n) is 19.5. The molecule has 3 aromatic carbocycles. The average molecular weight is 441 g/mol. The van der Waals surface area contributed by atoms with Crippen LogP contribution in [0.3, 0.4) is 0 Å². The smallest absolute Gasteiger partial charge is 0.255 e. The monoisotopic (exact) mass is 440 g/mol. The minimum atomic E-state index is -0.175. The Morgan fingerprint density at radius 2 is 1.67 bits per heavy atom.